The molecule has 1 aliphatic rings. The molecule has 0 unspecified atom stereocenters. The van der Waals surface area contributed by atoms with Crippen molar-refractivity contribution in [2.24, 2.45) is 5.92 Å². The maximum atomic E-state index is 11.8. The van der Waals surface area contributed by atoms with Crippen LogP contribution in [0, 0.1) is 5.92 Å². The number of piperidine rings is 1. The first kappa shape index (κ1) is 12.5. The topological polar surface area (TPSA) is 23.6 Å². The predicted molar refractivity (Wildman–Crippen MR) is 62.7 cm³/mol. The third-order valence-electron chi connectivity index (χ3n) is 3.23. The van der Waals surface area contributed by atoms with E-state index in [1.54, 1.807) is 4.90 Å². The van der Waals surface area contributed by atoms with Gasteiger partial charge in [0.15, 0.2) is 0 Å². The summed E-state index contributed by atoms with van der Waals surface area (Å²) in [5.41, 5.74) is 0.242. The number of carbonyl (C=O) groups is 1. The van der Waals surface area contributed by atoms with Crippen molar-refractivity contribution in [2.45, 2.75) is 39.2 Å². The molecular formula is C12H24N2O. The van der Waals surface area contributed by atoms with Crippen molar-refractivity contribution in [2.75, 3.05) is 27.2 Å². The van der Waals surface area contributed by atoms with Gasteiger partial charge >= 0.3 is 0 Å². The summed E-state index contributed by atoms with van der Waals surface area (Å²) in [4.78, 5) is 15.9. The van der Waals surface area contributed by atoms with Gasteiger partial charge in [0.2, 0.25) is 5.91 Å². The molecule has 0 aromatic carbocycles. The average Bonchev–Trinajstić information content (AvgIpc) is 2.15. The molecule has 1 rings (SSSR count). The maximum absolute atomic E-state index is 11.8. The summed E-state index contributed by atoms with van der Waals surface area (Å²) in [6.07, 6.45) is 2.02. The van der Waals surface area contributed by atoms with E-state index in [9.17, 15) is 4.79 Å². The molecule has 0 N–H and O–H groups in total. The van der Waals surface area contributed by atoms with Crippen LogP contribution >= 0.6 is 0 Å². The highest BCUT2D eigenvalue weighted by Crippen LogP contribution is 2.24. The van der Waals surface area contributed by atoms with Crippen LogP contribution < -0.4 is 0 Å². The number of likely N-dealkylation sites (tertiary alicyclic amines) is 1. The van der Waals surface area contributed by atoms with E-state index in [0.29, 0.717) is 5.91 Å². The van der Waals surface area contributed by atoms with Gasteiger partial charge in [0.05, 0.1) is 0 Å². The zero-order valence-corrected chi connectivity index (χ0v) is 10.7. The molecule has 1 aliphatic heterocycles. The second-order valence-corrected chi connectivity index (χ2v) is 5.66. The molecule has 3 nitrogen and oxygen atoms in total. The standard InChI is InChI=1S/C12H24N2O/c1-12(2,3)14-8-6-10(7-9-14)11(15)13(4)5/h10H,6-9H2,1-5H3. The molecule has 0 aromatic heterocycles. The smallest absolute Gasteiger partial charge is 0.225 e. The van der Waals surface area contributed by atoms with E-state index in [1.807, 2.05) is 14.1 Å². The average molecular weight is 212 g/mol. The number of hydrogen-bond donors (Lipinski definition) is 0. The number of rotatable bonds is 1. The lowest BCUT2D eigenvalue weighted by molar-refractivity contribution is -0.134. The van der Waals surface area contributed by atoms with Crippen LogP contribution in [-0.4, -0.2) is 48.4 Å². The Hall–Kier alpha value is -0.570. The molecule has 1 saturated heterocycles. The fourth-order valence-corrected chi connectivity index (χ4v) is 2.16. The molecule has 0 bridgehead atoms. The largest absolute Gasteiger partial charge is 0.349 e. The van der Waals surface area contributed by atoms with Gasteiger partial charge in [-0.15, -0.1) is 0 Å². The Morgan fingerprint density at radius 2 is 1.67 bits per heavy atom. The van der Waals surface area contributed by atoms with Gasteiger partial charge in [-0.2, -0.15) is 0 Å². The molecular weight excluding hydrogens is 188 g/mol. The van der Waals surface area contributed by atoms with Gasteiger partial charge in [0.1, 0.15) is 0 Å². The van der Waals surface area contributed by atoms with Crippen LogP contribution in [0.3, 0.4) is 0 Å². The molecule has 15 heavy (non-hydrogen) atoms. The predicted octanol–water partition coefficient (Wildman–Crippen LogP) is 1.59. The van der Waals surface area contributed by atoms with E-state index in [1.165, 1.54) is 0 Å². The Labute approximate surface area is 93.4 Å². The Morgan fingerprint density at radius 1 is 1.20 bits per heavy atom. The molecule has 1 fully saturated rings. The first-order valence-electron chi connectivity index (χ1n) is 5.78. The Balaban J connectivity index is 2.46. The minimum Gasteiger partial charge on any atom is -0.349 e. The van der Waals surface area contributed by atoms with Gasteiger partial charge in [-0.3, -0.25) is 9.69 Å². The monoisotopic (exact) mass is 212 g/mol. The van der Waals surface area contributed by atoms with Crippen molar-refractivity contribution in [3.8, 4) is 0 Å². The third-order valence-corrected chi connectivity index (χ3v) is 3.23. The zero-order valence-electron chi connectivity index (χ0n) is 10.7. The number of amides is 1. The molecule has 0 aromatic rings. The highest BCUT2D eigenvalue weighted by atomic mass is 16.2. The second-order valence-electron chi connectivity index (χ2n) is 5.66. The van der Waals surface area contributed by atoms with Crippen LogP contribution in [0.25, 0.3) is 0 Å². The summed E-state index contributed by atoms with van der Waals surface area (Å²) in [5, 5.41) is 0. The summed E-state index contributed by atoms with van der Waals surface area (Å²) < 4.78 is 0. The normalized spacial score (nSPS) is 20.3. The molecule has 0 radical (unpaired) electrons. The highest BCUT2D eigenvalue weighted by molar-refractivity contribution is 5.78. The summed E-state index contributed by atoms with van der Waals surface area (Å²) in [6, 6.07) is 0. The fourth-order valence-electron chi connectivity index (χ4n) is 2.16. The number of carbonyl (C=O) groups excluding carboxylic acids is 1. The van der Waals surface area contributed by atoms with Crippen molar-refractivity contribution < 1.29 is 4.79 Å². The first-order valence-corrected chi connectivity index (χ1v) is 5.78. The molecule has 88 valence electrons. The third kappa shape index (κ3) is 3.20. The number of nitrogens with zero attached hydrogens (tertiary/aromatic N) is 2. The molecule has 0 atom stereocenters. The van der Waals surface area contributed by atoms with E-state index < -0.39 is 0 Å². The van der Waals surface area contributed by atoms with Crippen molar-refractivity contribution in [3.05, 3.63) is 0 Å². The molecule has 0 aliphatic carbocycles. The SMILES string of the molecule is CN(C)C(=O)C1CCN(C(C)(C)C)CC1. The number of hydrogen-bond acceptors (Lipinski definition) is 2. The Morgan fingerprint density at radius 3 is 2.00 bits per heavy atom. The van der Waals surface area contributed by atoms with Crippen LogP contribution in [-0.2, 0) is 4.79 Å². The summed E-state index contributed by atoms with van der Waals surface area (Å²) >= 11 is 0. The minimum atomic E-state index is 0.242. The van der Waals surface area contributed by atoms with E-state index in [2.05, 4.69) is 25.7 Å². The van der Waals surface area contributed by atoms with Gasteiger partial charge in [-0.1, -0.05) is 0 Å². The highest BCUT2D eigenvalue weighted by Gasteiger charge is 2.30. The minimum absolute atomic E-state index is 0.242. The fraction of sp³-hybridized carbons (Fsp3) is 0.917. The van der Waals surface area contributed by atoms with Crippen LogP contribution in [0.1, 0.15) is 33.6 Å². The van der Waals surface area contributed by atoms with Gasteiger partial charge in [-0.25, -0.2) is 0 Å². The lowest BCUT2D eigenvalue weighted by Crippen LogP contribution is -2.48. The van der Waals surface area contributed by atoms with E-state index in [4.69, 9.17) is 0 Å². The molecule has 3 heteroatoms. The second kappa shape index (κ2) is 4.52. The summed E-state index contributed by atoms with van der Waals surface area (Å²) in [6.45, 7) is 8.81. The Bertz CT molecular complexity index is 222. The van der Waals surface area contributed by atoms with Gasteiger partial charge in [0.25, 0.3) is 0 Å². The van der Waals surface area contributed by atoms with E-state index in [-0.39, 0.29) is 11.5 Å². The zero-order chi connectivity index (χ0) is 11.6. The van der Waals surface area contributed by atoms with Crippen molar-refractivity contribution in [1.82, 2.24) is 9.80 Å². The van der Waals surface area contributed by atoms with Crippen LogP contribution in [0.4, 0.5) is 0 Å². The van der Waals surface area contributed by atoms with Crippen LogP contribution in [0.5, 0.6) is 0 Å². The quantitative estimate of drug-likeness (QED) is 0.659. The Kier molecular flexibility index (Phi) is 3.77. The molecule has 1 amide bonds. The molecule has 0 saturated carbocycles. The van der Waals surface area contributed by atoms with Crippen molar-refractivity contribution >= 4 is 5.91 Å². The molecule has 0 spiro atoms. The van der Waals surface area contributed by atoms with Crippen molar-refractivity contribution in [3.63, 3.8) is 0 Å². The maximum Gasteiger partial charge on any atom is 0.225 e. The van der Waals surface area contributed by atoms with Crippen molar-refractivity contribution in [1.29, 1.82) is 0 Å². The van der Waals surface area contributed by atoms with Gasteiger partial charge in [-0.05, 0) is 46.7 Å². The summed E-state index contributed by atoms with van der Waals surface area (Å²) in [5.74, 6) is 0.544. The molecule has 1 heterocycles. The van der Waals surface area contributed by atoms with Crippen LogP contribution in [0.2, 0.25) is 0 Å². The van der Waals surface area contributed by atoms with E-state index >= 15 is 0 Å². The first-order chi connectivity index (χ1) is 6.82. The van der Waals surface area contributed by atoms with Crippen LogP contribution in [0.15, 0.2) is 0 Å². The lowest BCUT2D eigenvalue weighted by atomic mass is 9.92. The van der Waals surface area contributed by atoms with E-state index in [0.717, 1.165) is 25.9 Å². The van der Waals surface area contributed by atoms with Gasteiger partial charge in [0, 0.05) is 25.6 Å². The van der Waals surface area contributed by atoms with Gasteiger partial charge < -0.3 is 4.90 Å². The summed E-state index contributed by atoms with van der Waals surface area (Å²) in [7, 11) is 3.69. The lowest BCUT2D eigenvalue weighted by Gasteiger charge is -2.40.